The van der Waals surface area contributed by atoms with Crippen molar-refractivity contribution in [3.05, 3.63) is 94.7 Å². The van der Waals surface area contributed by atoms with Crippen LogP contribution in [0.15, 0.2) is 60.8 Å². The Labute approximate surface area is 447 Å². The van der Waals surface area contributed by atoms with E-state index in [1.54, 1.807) is 41.7 Å². The number of nitrogen functional groups attached to an aromatic ring is 1. The Morgan fingerprint density at radius 2 is 1.72 bits per heavy atom. The van der Waals surface area contributed by atoms with Crippen LogP contribution in [-0.2, 0) is 32.3 Å². The van der Waals surface area contributed by atoms with E-state index in [2.05, 4.69) is 47.6 Å². The Morgan fingerprint density at radius 3 is 2.43 bits per heavy atom. The summed E-state index contributed by atoms with van der Waals surface area (Å²) in [6, 6.07) is 15.6. The Balaban J connectivity index is 0.889. The van der Waals surface area contributed by atoms with Gasteiger partial charge in [-0.3, -0.25) is 28.7 Å². The van der Waals surface area contributed by atoms with E-state index < -0.39 is 29.4 Å². The maximum atomic E-state index is 14.8. The van der Waals surface area contributed by atoms with Crippen LogP contribution in [0.5, 0.6) is 0 Å². The Kier molecular flexibility index (Phi) is 19.3. The average Bonchev–Trinajstić information content (AvgIpc) is 4.16. The van der Waals surface area contributed by atoms with Gasteiger partial charge in [0.05, 0.1) is 42.6 Å². The normalized spacial score (nSPS) is 18.5. The first-order chi connectivity index (χ1) is 36.4. The molecule has 5 amide bonds. The molecule has 19 heteroatoms. The zero-order valence-corrected chi connectivity index (χ0v) is 45.4. The number of fused-ring (bicyclic) bond motifs is 8. The summed E-state index contributed by atoms with van der Waals surface area (Å²) in [5.74, 6) is -1.29. The number of rotatable bonds is 21. The molecular weight excluding hydrogens is 966 g/mol. The van der Waals surface area contributed by atoms with Crippen LogP contribution < -0.4 is 37.2 Å². The van der Waals surface area contributed by atoms with Crippen LogP contribution in [0.2, 0.25) is 0 Å². The lowest BCUT2D eigenvalue weighted by Crippen LogP contribution is -2.59. The number of carbonyl (C=O) groups is 5. The number of carbonyl (C=O) groups excluding carboxylic acids is 5. The molecule has 0 radical (unpaired) electrons. The van der Waals surface area contributed by atoms with Gasteiger partial charge in [-0.1, -0.05) is 83.7 Å². The van der Waals surface area contributed by atoms with Gasteiger partial charge in [0.1, 0.15) is 29.8 Å². The van der Waals surface area contributed by atoms with Gasteiger partial charge in [-0.25, -0.2) is 9.37 Å². The lowest BCUT2D eigenvalue weighted by molar-refractivity contribution is -0.144. The number of amides is 5. The van der Waals surface area contributed by atoms with Gasteiger partial charge in [0.15, 0.2) is 5.69 Å². The fraction of sp³-hybridized carbons (Fsp3) is 0.544. The summed E-state index contributed by atoms with van der Waals surface area (Å²) in [6.07, 6.45) is 10.1. The third kappa shape index (κ3) is 13.5. The van der Waals surface area contributed by atoms with Crippen LogP contribution >= 0.6 is 0 Å². The SMILES string of the molecule is CC[C@H](NC(=O)[C@H]1C[C@@H](NCCCCCCCCC(=O)NCCn2nc(C#N)c3c2CN(C)C(=O)c2ccc(F)cc2[C@H]2CCCN2c2cc-3cnc2N)CN1C(=O)C(NC(=O)[C@@H](C)NC)C(C)(C)C)c1ccccc1. The van der Waals surface area contributed by atoms with Gasteiger partial charge in [0, 0.05) is 62.0 Å². The third-order valence-electron chi connectivity index (χ3n) is 15.2. The quantitative estimate of drug-likeness (QED) is 0.0507. The number of benzene rings is 2. The molecule has 18 nitrogen and oxygen atoms in total. The number of nitrogens with one attached hydrogen (secondary N) is 5. The lowest BCUT2D eigenvalue weighted by Gasteiger charge is -2.36. The first-order valence-electron chi connectivity index (χ1n) is 27.1. The standard InChI is InChI=1S/C57H78FN13O5/c1-8-43(37-19-14-13-15-20-37)65-54(74)47-31-40(34-70(47)56(76)51(57(3,4)5)66-53(73)36(2)61-6)62-25-17-12-10-9-11-16-22-49(72)63-26-28-71-48-35-68(7)55(75)41-24-23-39(58)30-42(41)45-21-18-27-69(45)46-29-38(33-64-52(46)60)50(48)44(32-59)67-71/h13-15,19-20,23-24,29-30,33,36,40,43,45,47,51,61-62H,8-12,16-18,21-22,25-28,31,34-35H2,1-7H3,(H2,60,64)(H,63,72)(H,65,74)(H,66,73)/t36-,40-,43+,45-,47-,51?/m1/s1. The molecule has 7 rings (SSSR count). The number of nitriles is 1. The minimum atomic E-state index is -0.836. The number of likely N-dealkylation sites (N-methyl/N-ethyl adjacent to an activating group) is 1. The molecule has 3 aliphatic rings. The molecule has 6 atom stereocenters. The minimum Gasteiger partial charge on any atom is -0.382 e. The van der Waals surface area contributed by atoms with Gasteiger partial charge in [0.25, 0.3) is 5.91 Å². The van der Waals surface area contributed by atoms with E-state index in [0.29, 0.717) is 78.2 Å². The van der Waals surface area contributed by atoms with Crippen LogP contribution in [0.25, 0.3) is 11.1 Å². The summed E-state index contributed by atoms with van der Waals surface area (Å²) in [5.41, 5.74) is 10.4. The van der Waals surface area contributed by atoms with Crippen molar-refractivity contribution in [2.24, 2.45) is 5.41 Å². The second kappa shape index (κ2) is 25.8. The summed E-state index contributed by atoms with van der Waals surface area (Å²) in [7, 11) is 3.37. The van der Waals surface area contributed by atoms with Gasteiger partial charge < -0.3 is 47.0 Å². The highest BCUT2D eigenvalue weighted by molar-refractivity contribution is 5.96. The number of hydrogen-bond acceptors (Lipinski definition) is 12. The smallest absolute Gasteiger partial charge is 0.254 e. The predicted octanol–water partition coefficient (Wildman–Crippen LogP) is 6.28. The molecule has 2 bridgehead atoms. The van der Waals surface area contributed by atoms with Crippen LogP contribution in [0, 0.1) is 22.6 Å². The molecule has 76 heavy (non-hydrogen) atoms. The number of aromatic nitrogens is 3. The van der Waals surface area contributed by atoms with E-state index in [4.69, 9.17) is 5.73 Å². The number of anilines is 2. The minimum absolute atomic E-state index is 0.0866. The molecule has 3 aliphatic heterocycles. The summed E-state index contributed by atoms with van der Waals surface area (Å²) in [4.78, 5) is 78.6. The van der Waals surface area contributed by atoms with Crippen molar-refractivity contribution in [1.29, 1.82) is 5.26 Å². The van der Waals surface area contributed by atoms with Crippen LogP contribution in [0.1, 0.15) is 150 Å². The topological polar surface area (TPSA) is 236 Å². The van der Waals surface area contributed by atoms with Crippen molar-refractivity contribution in [2.75, 3.05) is 50.9 Å². The molecular formula is C57H78FN13O5. The predicted molar refractivity (Wildman–Crippen MR) is 291 cm³/mol. The van der Waals surface area contributed by atoms with Gasteiger partial charge in [-0.15, -0.1) is 0 Å². The summed E-state index contributed by atoms with van der Waals surface area (Å²) in [5, 5.41) is 30.8. The Morgan fingerprint density at radius 1 is 0.987 bits per heavy atom. The maximum Gasteiger partial charge on any atom is 0.254 e. The number of unbranched alkanes of at least 4 members (excludes halogenated alkanes) is 5. The highest BCUT2D eigenvalue weighted by Crippen LogP contribution is 2.43. The fourth-order valence-electron chi connectivity index (χ4n) is 10.8. The van der Waals surface area contributed by atoms with Crippen LogP contribution in [0.3, 0.4) is 0 Å². The van der Waals surface area contributed by atoms with E-state index in [-0.39, 0.29) is 73.0 Å². The summed E-state index contributed by atoms with van der Waals surface area (Å²) < 4.78 is 16.5. The third-order valence-corrected chi connectivity index (χ3v) is 15.2. The molecule has 0 saturated carbocycles. The highest BCUT2D eigenvalue weighted by atomic mass is 19.1. The lowest BCUT2D eigenvalue weighted by atomic mass is 9.85. The molecule has 0 aliphatic carbocycles. The zero-order valence-electron chi connectivity index (χ0n) is 45.4. The second-order valence-electron chi connectivity index (χ2n) is 21.7. The van der Waals surface area contributed by atoms with E-state index in [1.165, 1.54) is 18.2 Å². The van der Waals surface area contributed by atoms with E-state index in [1.807, 2.05) is 64.1 Å². The van der Waals surface area contributed by atoms with Gasteiger partial charge in [-0.2, -0.15) is 10.4 Å². The molecule has 2 aromatic carbocycles. The van der Waals surface area contributed by atoms with Crippen molar-refractivity contribution in [3.8, 4) is 17.2 Å². The number of nitrogens with zero attached hydrogens (tertiary/aromatic N) is 7. The molecule has 2 aromatic heterocycles. The fourth-order valence-corrected chi connectivity index (χ4v) is 10.8. The van der Waals surface area contributed by atoms with Crippen molar-refractivity contribution in [2.45, 2.75) is 155 Å². The van der Waals surface area contributed by atoms with E-state index >= 15 is 0 Å². The number of hydrogen-bond donors (Lipinski definition) is 6. The maximum absolute atomic E-state index is 14.8. The first-order valence-corrected chi connectivity index (χ1v) is 27.1. The molecule has 5 heterocycles. The van der Waals surface area contributed by atoms with E-state index in [0.717, 1.165) is 57.1 Å². The number of halogens is 1. The van der Waals surface area contributed by atoms with Crippen molar-refractivity contribution < 1.29 is 28.4 Å². The number of pyridine rings is 1. The van der Waals surface area contributed by atoms with Crippen LogP contribution in [-0.4, -0.2) is 119 Å². The number of likely N-dealkylation sites (tertiary alicyclic amines) is 1. The van der Waals surface area contributed by atoms with Gasteiger partial charge in [0.2, 0.25) is 23.6 Å². The summed E-state index contributed by atoms with van der Waals surface area (Å²) >= 11 is 0. The first kappa shape index (κ1) is 56.8. The van der Waals surface area contributed by atoms with E-state index in [9.17, 15) is 33.6 Å². The average molecular weight is 1040 g/mol. The molecule has 1 unspecified atom stereocenters. The number of nitrogens with two attached hydrogens (primary N) is 1. The molecule has 2 saturated heterocycles. The van der Waals surface area contributed by atoms with Gasteiger partial charge >= 0.3 is 0 Å². The molecule has 4 aromatic rings. The largest absolute Gasteiger partial charge is 0.382 e. The summed E-state index contributed by atoms with van der Waals surface area (Å²) in [6.45, 7) is 11.8. The molecule has 0 spiro atoms. The highest BCUT2D eigenvalue weighted by Gasteiger charge is 2.45. The van der Waals surface area contributed by atoms with Crippen molar-refractivity contribution in [1.82, 2.24) is 51.1 Å². The molecule has 408 valence electrons. The van der Waals surface area contributed by atoms with Crippen molar-refractivity contribution >= 4 is 41.0 Å². The van der Waals surface area contributed by atoms with Crippen LogP contribution in [0.4, 0.5) is 15.9 Å². The monoisotopic (exact) mass is 1040 g/mol. The molecule has 2 fully saturated rings. The second-order valence-corrected chi connectivity index (χ2v) is 21.7. The zero-order chi connectivity index (χ0) is 54.7. The Hall–Kier alpha value is -6.91. The van der Waals surface area contributed by atoms with Gasteiger partial charge in [-0.05, 0) is 99.8 Å². The molecule has 7 N–H and O–H groups in total. The Bertz CT molecular complexity index is 2740. The van der Waals surface area contributed by atoms with Crippen molar-refractivity contribution in [3.63, 3.8) is 0 Å².